The van der Waals surface area contributed by atoms with Crippen LogP contribution in [0.4, 0.5) is 0 Å². The van der Waals surface area contributed by atoms with Crippen LogP contribution in [0.1, 0.15) is 47.2 Å². The van der Waals surface area contributed by atoms with Gasteiger partial charge in [0.1, 0.15) is 11.9 Å². The first-order valence-corrected chi connectivity index (χ1v) is 11.5. The molecule has 2 aromatic heterocycles. The summed E-state index contributed by atoms with van der Waals surface area (Å²) in [6.45, 7) is 3.60. The number of pyridine rings is 1. The Morgan fingerprint density at radius 1 is 1.06 bits per heavy atom. The zero-order chi connectivity index (χ0) is 22.5. The number of hydrogen-bond acceptors (Lipinski definition) is 5. The van der Waals surface area contributed by atoms with E-state index in [2.05, 4.69) is 37.9 Å². The van der Waals surface area contributed by atoms with E-state index in [1.807, 2.05) is 24.4 Å². The molecular weight excluding hydrogens is 418 g/mol. The maximum absolute atomic E-state index is 13.0. The number of benzene rings is 1. The monoisotopic (exact) mass is 443 g/mol. The lowest BCUT2D eigenvalue weighted by Gasteiger charge is -2.29. The van der Waals surface area contributed by atoms with Crippen LogP contribution in [0.15, 0.2) is 42.7 Å². The SMILES string of the molecule is O=C1CCC(N2Cc3cc(-c4ncc5ccc(CN6CCCC6)cn45)ccc3C2=O)C(=O)N1. The fourth-order valence-electron chi connectivity index (χ4n) is 5.25. The van der Waals surface area contributed by atoms with Crippen LogP contribution in [0.2, 0.25) is 0 Å². The van der Waals surface area contributed by atoms with E-state index in [9.17, 15) is 14.4 Å². The first-order chi connectivity index (χ1) is 16.1. The number of fused-ring (bicyclic) bond motifs is 2. The lowest BCUT2D eigenvalue weighted by Crippen LogP contribution is -2.52. The van der Waals surface area contributed by atoms with Gasteiger partial charge in [0.15, 0.2) is 0 Å². The molecule has 3 aliphatic heterocycles. The third-order valence-electron chi connectivity index (χ3n) is 6.98. The normalized spacial score (nSPS) is 21.2. The van der Waals surface area contributed by atoms with Crippen molar-refractivity contribution < 1.29 is 14.4 Å². The number of aromatic nitrogens is 2. The third-order valence-corrected chi connectivity index (χ3v) is 6.98. The predicted octanol–water partition coefficient (Wildman–Crippen LogP) is 2.36. The van der Waals surface area contributed by atoms with Crippen molar-refractivity contribution in [1.29, 1.82) is 0 Å². The molecule has 1 unspecified atom stereocenters. The van der Waals surface area contributed by atoms with E-state index in [0.717, 1.165) is 42.1 Å². The smallest absolute Gasteiger partial charge is 0.255 e. The van der Waals surface area contributed by atoms with Crippen molar-refractivity contribution in [3.63, 3.8) is 0 Å². The molecule has 2 saturated heterocycles. The molecule has 1 N–H and O–H groups in total. The molecule has 0 bridgehead atoms. The minimum Gasteiger partial charge on any atom is -0.322 e. The zero-order valence-corrected chi connectivity index (χ0v) is 18.3. The van der Waals surface area contributed by atoms with Gasteiger partial charge in [0.25, 0.3) is 5.91 Å². The van der Waals surface area contributed by atoms with Crippen molar-refractivity contribution in [2.24, 2.45) is 0 Å². The number of carbonyl (C=O) groups is 3. The summed E-state index contributed by atoms with van der Waals surface area (Å²) in [6, 6.07) is 9.41. The van der Waals surface area contributed by atoms with Crippen LogP contribution in [0.3, 0.4) is 0 Å². The number of imidazole rings is 1. The molecular formula is C25H25N5O3. The molecule has 6 rings (SSSR count). The zero-order valence-electron chi connectivity index (χ0n) is 18.3. The first kappa shape index (κ1) is 20.1. The summed E-state index contributed by atoms with van der Waals surface area (Å²) < 4.78 is 2.11. The molecule has 0 radical (unpaired) electrons. The third kappa shape index (κ3) is 3.51. The van der Waals surface area contributed by atoms with Crippen LogP contribution in [0, 0.1) is 0 Å². The van der Waals surface area contributed by atoms with Gasteiger partial charge in [0, 0.05) is 36.8 Å². The topological polar surface area (TPSA) is 87.0 Å². The number of likely N-dealkylation sites (tertiary alicyclic amines) is 1. The Morgan fingerprint density at radius 3 is 2.73 bits per heavy atom. The van der Waals surface area contributed by atoms with E-state index in [4.69, 9.17) is 0 Å². The quantitative estimate of drug-likeness (QED) is 0.626. The van der Waals surface area contributed by atoms with Gasteiger partial charge in [-0.3, -0.25) is 29.0 Å². The molecule has 0 aliphatic carbocycles. The number of piperidine rings is 1. The average molecular weight is 444 g/mol. The van der Waals surface area contributed by atoms with Crippen molar-refractivity contribution in [2.45, 2.75) is 44.8 Å². The second-order valence-corrected chi connectivity index (χ2v) is 9.17. The van der Waals surface area contributed by atoms with Crippen LogP contribution in [-0.4, -0.2) is 56.0 Å². The highest BCUT2D eigenvalue weighted by molar-refractivity contribution is 6.05. The Bertz CT molecular complexity index is 1290. The standard InChI is InChI=1S/C25H25N5O3/c31-22-8-7-21(24(32)27-22)30-15-18-11-17(4-6-20(18)25(30)33)23-26-12-19-5-3-16(14-29(19)23)13-28-9-1-2-10-28/h3-6,11-12,14,21H,1-2,7-10,13,15H2,(H,27,31,32). The summed E-state index contributed by atoms with van der Waals surface area (Å²) in [4.78, 5) is 45.5. The van der Waals surface area contributed by atoms with Gasteiger partial charge in [-0.1, -0.05) is 12.1 Å². The largest absolute Gasteiger partial charge is 0.322 e. The number of nitrogens with zero attached hydrogens (tertiary/aromatic N) is 4. The van der Waals surface area contributed by atoms with Crippen molar-refractivity contribution in [3.05, 3.63) is 59.4 Å². The molecule has 3 aromatic rings. The fraction of sp³-hybridized carbons (Fsp3) is 0.360. The average Bonchev–Trinajstić information content (AvgIpc) is 3.53. The molecule has 1 atom stereocenters. The molecule has 0 spiro atoms. The molecule has 0 saturated carbocycles. The number of hydrogen-bond donors (Lipinski definition) is 1. The van der Waals surface area contributed by atoms with E-state index in [0.29, 0.717) is 18.5 Å². The number of amides is 3. The maximum atomic E-state index is 13.0. The van der Waals surface area contributed by atoms with Crippen molar-refractivity contribution in [1.82, 2.24) is 24.5 Å². The number of nitrogens with one attached hydrogen (secondary N) is 1. The van der Waals surface area contributed by atoms with E-state index in [-0.39, 0.29) is 18.2 Å². The van der Waals surface area contributed by atoms with E-state index in [1.165, 1.54) is 18.4 Å². The number of rotatable bonds is 4. The van der Waals surface area contributed by atoms with Gasteiger partial charge in [-0.05, 0) is 61.7 Å². The van der Waals surface area contributed by atoms with Gasteiger partial charge in [-0.15, -0.1) is 0 Å². The Labute approximate surface area is 191 Å². The maximum Gasteiger partial charge on any atom is 0.255 e. The molecule has 2 fully saturated rings. The summed E-state index contributed by atoms with van der Waals surface area (Å²) >= 11 is 0. The summed E-state index contributed by atoms with van der Waals surface area (Å²) in [5.74, 6) is 0.00490. The second kappa shape index (κ2) is 7.81. The Hall–Kier alpha value is -3.52. The molecule has 8 heteroatoms. The van der Waals surface area contributed by atoms with Gasteiger partial charge in [0.05, 0.1) is 11.7 Å². The predicted molar refractivity (Wildman–Crippen MR) is 121 cm³/mol. The number of imide groups is 1. The fourth-order valence-corrected chi connectivity index (χ4v) is 5.25. The Balaban J connectivity index is 1.29. The summed E-state index contributed by atoms with van der Waals surface area (Å²) in [6.07, 6.45) is 7.17. The van der Waals surface area contributed by atoms with Gasteiger partial charge >= 0.3 is 0 Å². The Kier molecular flexibility index (Phi) is 4.76. The Morgan fingerprint density at radius 2 is 1.91 bits per heavy atom. The van der Waals surface area contributed by atoms with Gasteiger partial charge in [0.2, 0.25) is 11.8 Å². The molecule has 3 aliphatic rings. The highest BCUT2D eigenvalue weighted by Crippen LogP contribution is 2.31. The van der Waals surface area contributed by atoms with Crippen LogP contribution in [0.25, 0.3) is 16.9 Å². The molecule has 168 valence electrons. The summed E-state index contributed by atoms with van der Waals surface area (Å²) in [7, 11) is 0. The highest BCUT2D eigenvalue weighted by atomic mass is 16.2. The van der Waals surface area contributed by atoms with Crippen molar-refractivity contribution in [2.75, 3.05) is 13.1 Å². The lowest BCUT2D eigenvalue weighted by atomic mass is 10.0. The van der Waals surface area contributed by atoms with Crippen molar-refractivity contribution >= 4 is 23.2 Å². The van der Waals surface area contributed by atoms with Crippen molar-refractivity contribution in [3.8, 4) is 11.4 Å². The molecule has 8 nitrogen and oxygen atoms in total. The van der Waals surface area contributed by atoms with E-state index >= 15 is 0 Å². The molecule has 1 aromatic carbocycles. The minimum absolute atomic E-state index is 0.160. The highest BCUT2D eigenvalue weighted by Gasteiger charge is 2.39. The molecule has 5 heterocycles. The molecule has 3 amide bonds. The lowest BCUT2D eigenvalue weighted by molar-refractivity contribution is -0.136. The van der Waals surface area contributed by atoms with Crippen LogP contribution < -0.4 is 5.32 Å². The van der Waals surface area contributed by atoms with Gasteiger partial charge < -0.3 is 4.90 Å². The molecule has 33 heavy (non-hydrogen) atoms. The summed E-state index contributed by atoms with van der Waals surface area (Å²) in [5.41, 5.74) is 4.71. The summed E-state index contributed by atoms with van der Waals surface area (Å²) in [5, 5.41) is 2.35. The minimum atomic E-state index is -0.605. The van der Waals surface area contributed by atoms with E-state index < -0.39 is 11.9 Å². The van der Waals surface area contributed by atoms with Gasteiger partial charge in [-0.2, -0.15) is 0 Å². The first-order valence-electron chi connectivity index (χ1n) is 11.5. The van der Waals surface area contributed by atoms with Crippen LogP contribution in [-0.2, 0) is 22.7 Å². The van der Waals surface area contributed by atoms with E-state index in [1.54, 1.807) is 4.90 Å². The van der Waals surface area contributed by atoms with Gasteiger partial charge in [-0.25, -0.2) is 4.98 Å². The van der Waals surface area contributed by atoms with Crippen LogP contribution in [0.5, 0.6) is 0 Å². The number of carbonyl (C=O) groups excluding carboxylic acids is 3. The van der Waals surface area contributed by atoms with Crippen LogP contribution >= 0.6 is 0 Å². The second-order valence-electron chi connectivity index (χ2n) is 9.17.